The number of nitrogens with zero attached hydrogens (tertiary/aromatic N) is 4. The Balaban J connectivity index is 1.94. The maximum Gasteiger partial charge on any atom is 0.329 e. The molecule has 1 aliphatic rings. The molecule has 0 radical (unpaired) electrons. The molecule has 3 aromatic rings. The standard InChI is InChI=1S/C20H17BrClF2N4O6PS/c21-11-3-10(4-25-5-11)20(17(30)15(7-29)34-19(36)18(20)32-8-33-35-31)28-6-14(26-27-28)9-1-12(23)16(22)13(24)2-9/h1-6,15,17-19,29-30,36H,7-8H2/t15-,17+,18+,19-,20+/m0/s1. The van der Waals surface area contributed by atoms with Crippen LogP contribution in [0.3, 0.4) is 0 Å². The molecule has 3 heterocycles. The van der Waals surface area contributed by atoms with Crippen molar-refractivity contribution in [2.75, 3.05) is 13.4 Å². The average molecular weight is 626 g/mol. The second-order valence-corrected chi connectivity index (χ2v) is 9.83. The molecule has 16 heteroatoms. The monoisotopic (exact) mass is 624 g/mol. The summed E-state index contributed by atoms with van der Waals surface area (Å²) < 4.78 is 57.0. The zero-order valence-corrected chi connectivity index (χ0v) is 22.0. The normalized spacial score (nSPS) is 26.4. The zero-order valence-electron chi connectivity index (χ0n) is 17.9. The fourth-order valence-electron chi connectivity index (χ4n) is 4.12. The molecule has 1 saturated heterocycles. The van der Waals surface area contributed by atoms with E-state index < -0.39 is 68.0 Å². The predicted octanol–water partition coefficient (Wildman–Crippen LogP) is 3.35. The lowest BCUT2D eigenvalue weighted by Crippen LogP contribution is -2.68. The zero-order chi connectivity index (χ0) is 26.0. The Morgan fingerprint density at radius 3 is 2.67 bits per heavy atom. The van der Waals surface area contributed by atoms with Gasteiger partial charge in [0.1, 0.15) is 51.6 Å². The Kier molecular flexibility index (Phi) is 8.70. The molecule has 5 atom stereocenters. The van der Waals surface area contributed by atoms with Gasteiger partial charge in [0.05, 0.1) is 12.8 Å². The van der Waals surface area contributed by atoms with Crippen LogP contribution >= 0.6 is 48.8 Å². The van der Waals surface area contributed by atoms with E-state index in [1.54, 1.807) is 6.07 Å². The van der Waals surface area contributed by atoms with E-state index in [0.29, 0.717) is 10.0 Å². The Morgan fingerprint density at radius 1 is 1.31 bits per heavy atom. The van der Waals surface area contributed by atoms with Crippen molar-refractivity contribution in [1.29, 1.82) is 0 Å². The van der Waals surface area contributed by atoms with Crippen molar-refractivity contribution in [3.8, 4) is 11.3 Å². The van der Waals surface area contributed by atoms with Crippen LogP contribution in [0.2, 0.25) is 5.02 Å². The van der Waals surface area contributed by atoms with Crippen molar-refractivity contribution in [3.05, 3.63) is 63.5 Å². The summed E-state index contributed by atoms with van der Waals surface area (Å²) >= 11 is 13.4. The summed E-state index contributed by atoms with van der Waals surface area (Å²) in [7, 11) is -0.654. The smallest absolute Gasteiger partial charge is 0.329 e. The van der Waals surface area contributed by atoms with E-state index in [4.69, 9.17) is 25.6 Å². The maximum absolute atomic E-state index is 14.1. The van der Waals surface area contributed by atoms with Gasteiger partial charge in [-0.05, 0) is 34.1 Å². The number of aliphatic hydroxyl groups is 2. The number of rotatable bonds is 8. The first kappa shape index (κ1) is 27.4. The number of hydrogen-bond donors (Lipinski definition) is 3. The van der Waals surface area contributed by atoms with E-state index >= 15 is 0 Å². The van der Waals surface area contributed by atoms with Gasteiger partial charge in [-0.2, -0.15) is 0 Å². The average Bonchev–Trinajstić information content (AvgIpc) is 3.35. The number of hydrogen-bond acceptors (Lipinski definition) is 10. The molecule has 0 saturated carbocycles. The van der Waals surface area contributed by atoms with Crippen molar-refractivity contribution < 1.29 is 37.6 Å². The lowest BCUT2D eigenvalue weighted by atomic mass is 9.76. The Morgan fingerprint density at radius 2 is 2.03 bits per heavy atom. The maximum atomic E-state index is 14.1. The highest BCUT2D eigenvalue weighted by Gasteiger charge is 2.60. The van der Waals surface area contributed by atoms with Crippen LogP contribution in [0.15, 0.2) is 41.3 Å². The second kappa shape index (κ2) is 11.4. The molecule has 2 N–H and O–H groups in total. The summed E-state index contributed by atoms with van der Waals surface area (Å²) in [6, 6.07) is 3.60. The van der Waals surface area contributed by atoms with Crippen molar-refractivity contribution in [2.45, 2.75) is 29.3 Å². The molecule has 0 amide bonds. The van der Waals surface area contributed by atoms with Crippen LogP contribution in [0.4, 0.5) is 8.78 Å². The van der Waals surface area contributed by atoms with Gasteiger partial charge in [-0.25, -0.2) is 18.0 Å². The third kappa shape index (κ3) is 4.94. The first-order valence-corrected chi connectivity index (χ1v) is 12.5. The lowest BCUT2D eigenvalue weighted by molar-refractivity contribution is -0.230. The van der Waals surface area contributed by atoms with Gasteiger partial charge in [-0.1, -0.05) is 16.8 Å². The molecule has 36 heavy (non-hydrogen) atoms. The summed E-state index contributed by atoms with van der Waals surface area (Å²) in [5.74, 6) is -1.99. The van der Waals surface area contributed by atoms with E-state index in [-0.39, 0.29) is 11.3 Å². The number of aliphatic hydroxyl groups excluding tert-OH is 2. The van der Waals surface area contributed by atoms with E-state index in [1.165, 1.54) is 23.3 Å². The van der Waals surface area contributed by atoms with Gasteiger partial charge in [-0.15, -0.1) is 17.7 Å². The van der Waals surface area contributed by atoms with Crippen LogP contribution in [-0.2, 0) is 24.1 Å². The molecular formula is C20H17BrClF2N4O6PS. The number of ether oxygens (including phenoxy) is 2. The van der Waals surface area contributed by atoms with Crippen molar-refractivity contribution in [3.63, 3.8) is 0 Å². The number of halogens is 4. The van der Waals surface area contributed by atoms with E-state index in [2.05, 4.69) is 43.9 Å². The molecule has 192 valence electrons. The third-order valence-corrected chi connectivity index (χ3v) is 7.06. The molecule has 4 rings (SSSR count). The minimum atomic E-state index is -1.72. The van der Waals surface area contributed by atoms with Crippen LogP contribution in [0.1, 0.15) is 5.56 Å². The number of benzene rings is 1. The number of pyridine rings is 1. The quantitative estimate of drug-likeness (QED) is 0.114. The van der Waals surface area contributed by atoms with Gasteiger partial charge in [0.25, 0.3) is 0 Å². The second-order valence-electron chi connectivity index (χ2n) is 7.62. The fourth-order valence-corrected chi connectivity index (χ4v) is 5.16. The lowest BCUT2D eigenvalue weighted by Gasteiger charge is -2.51. The summed E-state index contributed by atoms with van der Waals surface area (Å²) in [6.45, 7) is -1.09. The molecule has 1 aliphatic heterocycles. The number of aromatic nitrogens is 4. The van der Waals surface area contributed by atoms with E-state index in [0.717, 1.165) is 12.1 Å². The van der Waals surface area contributed by atoms with E-state index in [1.807, 2.05) is 0 Å². The highest BCUT2D eigenvalue weighted by Crippen LogP contribution is 2.44. The molecule has 0 unspecified atom stereocenters. The summed E-state index contributed by atoms with van der Waals surface area (Å²) in [4.78, 5) is 4.17. The van der Waals surface area contributed by atoms with Crippen LogP contribution in [0.5, 0.6) is 0 Å². The predicted molar refractivity (Wildman–Crippen MR) is 129 cm³/mol. The molecule has 0 spiro atoms. The van der Waals surface area contributed by atoms with Gasteiger partial charge >= 0.3 is 8.69 Å². The highest BCUT2D eigenvalue weighted by molar-refractivity contribution is 9.10. The molecule has 0 bridgehead atoms. The minimum Gasteiger partial charge on any atom is -0.394 e. The largest absolute Gasteiger partial charge is 0.394 e. The van der Waals surface area contributed by atoms with Crippen LogP contribution in [0.25, 0.3) is 11.3 Å². The molecule has 1 aromatic carbocycles. The summed E-state index contributed by atoms with van der Waals surface area (Å²) in [5, 5.41) is 29.0. The van der Waals surface area contributed by atoms with Crippen molar-refractivity contribution in [1.82, 2.24) is 20.0 Å². The first-order chi connectivity index (χ1) is 17.2. The highest BCUT2D eigenvalue weighted by atomic mass is 79.9. The Bertz CT molecular complexity index is 1240. The fraction of sp³-hybridized carbons (Fsp3) is 0.350. The van der Waals surface area contributed by atoms with Crippen LogP contribution < -0.4 is 0 Å². The molecule has 0 aliphatic carbocycles. The minimum absolute atomic E-state index is 0.0248. The van der Waals surface area contributed by atoms with Gasteiger partial charge in [0.2, 0.25) is 0 Å². The first-order valence-electron chi connectivity index (χ1n) is 10.1. The third-order valence-electron chi connectivity index (χ3n) is 5.66. The van der Waals surface area contributed by atoms with E-state index in [9.17, 15) is 23.6 Å². The number of thiol groups is 1. The SMILES string of the molecule is O=POCO[C@@H]1[C@H](S)O[C@@H](CO)[C@@H](O)[C@@]1(c1cncc(Br)c1)n1cc(-c2cc(F)c(Cl)c(F)c2)nn1. The van der Waals surface area contributed by atoms with Crippen LogP contribution in [-0.4, -0.2) is 67.3 Å². The summed E-state index contributed by atoms with van der Waals surface area (Å²) in [5.41, 5.74) is -2.40. The van der Waals surface area contributed by atoms with Gasteiger partial charge < -0.3 is 19.7 Å². The van der Waals surface area contributed by atoms with Crippen molar-refractivity contribution >= 4 is 48.8 Å². The van der Waals surface area contributed by atoms with Gasteiger partial charge in [0.15, 0.2) is 6.79 Å². The van der Waals surface area contributed by atoms with Gasteiger partial charge in [0, 0.05) is 28.0 Å². The Hall–Kier alpha value is -1.61. The molecule has 2 aromatic heterocycles. The topological polar surface area (TPSA) is 129 Å². The Labute approximate surface area is 223 Å². The summed E-state index contributed by atoms with van der Waals surface area (Å²) in [6.07, 6.45) is 0.375. The van der Waals surface area contributed by atoms with Crippen molar-refractivity contribution in [2.24, 2.45) is 0 Å². The van der Waals surface area contributed by atoms with Gasteiger partial charge in [-0.3, -0.25) is 9.51 Å². The molecular weight excluding hydrogens is 609 g/mol. The molecule has 1 fully saturated rings. The van der Waals surface area contributed by atoms with Crippen LogP contribution in [0, 0.1) is 11.6 Å². The molecule has 10 nitrogen and oxygen atoms in total.